The first-order valence-corrected chi connectivity index (χ1v) is 9.61. The van der Waals surface area contributed by atoms with Crippen molar-refractivity contribution in [3.63, 3.8) is 0 Å². The molecule has 0 N–H and O–H groups in total. The molecule has 25 heavy (non-hydrogen) atoms. The Morgan fingerprint density at radius 3 is 2.40 bits per heavy atom. The SMILES string of the molecule is CC(C)N1CCN(n2cc(CN3CCOCC3)c3ccccc32)CC1. The molecule has 136 valence electrons. The highest BCUT2D eigenvalue weighted by atomic mass is 16.5. The van der Waals surface area contributed by atoms with E-state index in [1.807, 2.05) is 0 Å². The Bertz CT molecular complexity index is 697. The van der Waals surface area contributed by atoms with Crippen molar-refractivity contribution in [2.45, 2.75) is 26.4 Å². The minimum absolute atomic E-state index is 0.639. The third-order valence-corrected chi connectivity index (χ3v) is 5.60. The number of morpholine rings is 1. The molecule has 3 heterocycles. The monoisotopic (exact) mass is 342 g/mol. The van der Waals surface area contributed by atoms with Gasteiger partial charge in [-0.1, -0.05) is 18.2 Å². The molecule has 0 bridgehead atoms. The van der Waals surface area contributed by atoms with E-state index in [0.29, 0.717) is 6.04 Å². The van der Waals surface area contributed by atoms with Gasteiger partial charge in [0.15, 0.2) is 0 Å². The largest absolute Gasteiger partial charge is 0.379 e. The average molecular weight is 342 g/mol. The van der Waals surface area contributed by atoms with Gasteiger partial charge in [-0.25, -0.2) is 0 Å². The molecule has 2 aliphatic rings. The average Bonchev–Trinajstić information content (AvgIpc) is 3.01. The molecule has 2 aromatic rings. The predicted molar refractivity (Wildman–Crippen MR) is 103 cm³/mol. The van der Waals surface area contributed by atoms with Crippen LogP contribution in [0.25, 0.3) is 10.9 Å². The van der Waals surface area contributed by atoms with Gasteiger partial charge in [-0.3, -0.25) is 14.5 Å². The number of para-hydroxylation sites is 1. The number of nitrogens with zero attached hydrogens (tertiary/aromatic N) is 4. The molecule has 5 heteroatoms. The summed E-state index contributed by atoms with van der Waals surface area (Å²) in [6.45, 7) is 13.9. The van der Waals surface area contributed by atoms with Crippen LogP contribution < -0.4 is 5.01 Å². The van der Waals surface area contributed by atoms with Crippen LogP contribution in [-0.2, 0) is 11.3 Å². The van der Waals surface area contributed by atoms with Crippen molar-refractivity contribution in [2.75, 3.05) is 57.5 Å². The fourth-order valence-electron chi connectivity index (χ4n) is 4.04. The number of benzene rings is 1. The van der Waals surface area contributed by atoms with Gasteiger partial charge in [-0.15, -0.1) is 0 Å². The second kappa shape index (κ2) is 7.36. The first-order valence-electron chi connectivity index (χ1n) is 9.61. The van der Waals surface area contributed by atoms with Gasteiger partial charge >= 0.3 is 0 Å². The Hall–Kier alpha value is -1.56. The van der Waals surface area contributed by atoms with E-state index in [2.05, 4.69) is 63.8 Å². The van der Waals surface area contributed by atoms with E-state index in [1.54, 1.807) is 0 Å². The maximum atomic E-state index is 5.49. The van der Waals surface area contributed by atoms with Gasteiger partial charge in [0.1, 0.15) is 0 Å². The molecule has 0 saturated carbocycles. The van der Waals surface area contributed by atoms with Crippen LogP contribution in [0.3, 0.4) is 0 Å². The van der Waals surface area contributed by atoms with Gasteiger partial charge in [0.25, 0.3) is 0 Å². The van der Waals surface area contributed by atoms with Crippen LogP contribution in [0.4, 0.5) is 0 Å². The molecule has 4 rings (SSSR count). The van der Waals surface area contributed by atoms with Gasteiger partial charge in [0.05, 0.1) is 18.7 Å². The Balaban J connectivity index is 1.57. The summed E-state index contributed by atoms with van der Waals surface area (Å²) >= 11 is 0. The zero-order chi connectivity index (χ0) is 17.2. The highest BCUT2D eigenvalue weighted by Crippen LogP contribution is 2.24. The van der Waals surface area contributed by atoms with Crippen molar-refractivity contribution >= 4 is 10.9 Å². The lowest BCUT2D eigenvalue weighted by molar-refractivity contribution is 0.0343. The van der Waals surface area contributed by atoms with Crippen LogP contribution in [0.15, 0.2) is 30.5 Å². The number of fused-ring (bicyclic) bond motifs is 1. The lowest BCUT2D eigenvalue weighted by Gasteiger charge is -2.38. The summed E-state index contributed by atoms with van der Waals surface area (Å²) in [4.78, 5) is 5.07. The van der Waals surface area contributed by atoms with Crippen molar-refractivity contribution in [3.05, 3.63) is 36.0 Å². The Labute approximate surface area is 150 Å². The van der Waals surface area contributed by atoms with Crippen molar-refractivity contribution in [1.29, 1.82) is 0 Å². The van der Waals surface area contributed by atoms with Gasteiger partial charge < -0.3 is 9.75 Å². The number of hydrogen-bond donors (Lipinski definition) is 0. The number of piperazine rings is 1. The first kappa shape index (κ1) is 16.9. The molecule has 2 fully saturated rings. The van der Waals surface area contributed by atoms with E-state index in [4.69, 9.17) is 4.74 Å². The van der Waals surface area contributed by atoms with Crippen LogP contribution in [0.2, 0.25) is 0 Å². The van der Waals surface area contributed by atoms with Crippen molar-refractivity contribution in [3.8, 4) is 0 Å². The van der Waals surface area contributed by atoms with Crippen LogP contribution in [-0.4, -0.2) is 73.0 Å². The lowest BCUT2D eigenvalue weighted by Crippen LogP contribution is -2.52. The molecule has 2 aliphatic heterocycles. The van der Waals surface area contributed by atoms with Gasteiger partial charge in [0.2, 0.25) is 0 Å². The molecule has 2 saturated heterocycles. The molecule has 0 radical (unpaired) electrons. The van der Waals surface area contributed by atoms with Crippen LogP contribution in [0, 0.1) is 0 Å². The summed E-state index contributed by atoms with van der Waals surface area (Å²) in [5, 5.41) is 3.89. The number of rotatable bonds is 4. The second-order valence-corrected chi connectivity index (χ2v) is 7.49. The van der Waals surface area contributed by atoms with Gasteiger partial charge in [-0.05, 0) is 25.5 Å². The Morgan fingerprint density at radius 1 is 0.960 bits per heavy atom. The smallest absolute Gasteiger partial charge is 0.0698 e. The summed E-state index contributed by atoms with van der Waals surface area (Å²) in [5.41, 5.74) is 2.77. The zero-order valence-corrected chi connectivity index (χ0v) is 15.5. The molecule has 0 spiro atoms. The van der Waals surface area contributed by atoms with Gasteiger partial charge in [0, 0.05) is 63.4 Å². The van der Waals surface area contributed by atoms with E-state index in [1.165, 1.54) is 16.5 Å². The van der Waals surface area contributed by atoms with E-state index >= 15 is 0 Å². The molecule has 0 unspecified atom stereocenters. The van der Waals surface area contributed by atoms with Crippen LogP contribution >= 0.6 is 0 Å². The summed E-state index contributed by atoms with van der Waals surface area (Å²) in [7, 11) is 0. The highest BCUT2D eigenvalue weighted by Gasteiger charge is 2.21. The number of ether oxygens (including phenoxy) is 1. The highest BCUT2D eigenvalue weighted by molar-refractivity contribution is 5.84. The normalized spacial score (nSPS) is 20.7. The fourth-order valence-corrected chi connectivity index (χ4v) is 4.04. The van der Waals surface area contributed by atoms with E-state index in [9.17, 15) is 0 Å². The molecule has 0 atom stereocenters. The van der Waals surface area contributed by atoms with E-state index < -0.39 is 0 Å². The third-order valence-electron chi connectivity index (χ3n) is 5.60. The minimum Gasteiger partial charge on any atom is -0.379 e. The Kier molecular flexibility index (Phi) is 4.97. The molecule has 5 nitrogen and oxygen atoms in total. The minimum atomic E-state index is 0.639. The predicted octanol–water partition coefficient (Wildman–Crippen LogP) is 2.14. The first-order chi connectivity index (χ1) is 12.2. The number of hydrogen-bond acceptors (Lipinski definition) is 4. The summed E-state index contributed by atoms with van der Waals surface area (Å²) < 4.78 is 7.90. The van der Waals surface area contributed by atoms with Crippen molar-refractivity contribution < 1.29 is 4.74 Å². The quantitative estimate of drug-likeness (QED) is 0.849. The zero-order valence-electron chi connectivity index (χ0n) is 15.5. The topological polar surface area (TPSA) is 23.9 Å². The Morgan fingerprint density at radius 2 is 1.68 bits per heavy atom. The van der Waals surface area contributed by atoms with E-state index in [0.717, 1.165) is 59.0 Å². The standard InChI is InChI=1S/C20H30N4O/c1-17(2)22-7-9-23(10-8-22)24-16-18(15-21-11-13-25-14-12-21)19-5-3-4-6-20(19)24/h3-6,16-17H,7-15H2,1-2H3. The second-order valence-electron chi connectivity index (χ2n) is 7.49. The summed E-state index contributed by atoms with van der Waals surface area (Å²) in [5.74, 6) is 0. The molecule has 0 amide bonds. The van der Waals surface area contributed by atoms with Crippen molar-refractivity contribution in [1.82, 2.24) is 14.5 Å². The van der Waals surface area contributed by atoms with E-state index in [-0.39, 0.29) is 0 Å². The maximum absolute atomic E-state index is 5.49. The number of aromatic nitrogens is 1. The fraction of sp³-hybridized carbons (Fsp3) is 0.600. The van der Waals surface area contributed by atoms with Crippen LogP contribution in [0.1, 0.15) is 19.4 Å². The molecule has 0 aliphatic carbocycles. The van der Waals surface area contributed by atoms with Crippen molar-refractivity contribution in [2.24, 2.45) is 0 Å². The van der Waals surface area contributed by atoms with Crippen LogP contribution in [0.5, 0.6) is 0 Å². The lowest BCUT2D eigenvalue weighted by atomic mass is 10.1. The summed E-state index contributed by atoms with van der Waals surface area (Å²) in [6, 6.07) is 9.48. The third kappa shape index (κ3) is 3.54. The van der Waals surface area contributed by atoms with Gasteiger partial charge in [-0.2, -0.15) is 0 Å². The maximum Gasteiger partial charge on any atom is 0.0698 e. The summed E-state index contributed by atoms with van der Waals surface area (Å²) in [6.07, 6.45) is 2.37. The molecule has 1 aromatic carbocycles. The molecular weight excluding hydrogens is 312 g/mol. The molecule has 1 aromatic heterocycles. The molecular formula is C20H30N4O.